The molecule has 0 spiro atoms. The summed E-state index contributed by atoms with van der Waals surface area (Å²) in [5.74, 6) is 0.294. The van der Waals surface area contributed by atoms with E-state index in [1.807, 2.05) is 30.3 Å². The van der Waals surface area contributed by atoms with Crippen molar-refractivity contribution < 1.29 is 14.6 Å². The third-order valence-electron chi connectivity index (χ3n) is 3.43. The predicted molar refractivity (Wildman–Crippen MR) is 89.8 cm³/mol. The van der Waals surface area contributed by atoms with E-state index < -0.39 is 0 Å². The molecule has 0 atom stereocenters. The maximum atomic E-state index is 11.8. The largest absolute Gasteiger partial charge is 0.504 e. The van der Waals surface area contributed by atoms with Crippen LogP contribution >= 0.6 is 0 Å². The third kappa shape index (κ3) is 4.85. The minimum Gasteiger partial charge on any atom is -0.504 e. The van der Waals surface area contributed by atoms with Crippen LogP contribution in [0.15, 0.2) is 53.6 Å². The molecule has 5 heteroatoms. The first-order chi connectivity index (χ1) is 11.1. The summed E-state index contributed by atoms with van der Waals surface area (Å²) in [6.45, 7) is 1.78. The number of nitrogens with zero attached hydrogens (tertiary/aromatic N) is 1. The second-order valence-corrected chi connectivity index (χ2v) is 5.10. The van der Waals surface area contributed by atoms with Gasteiger partial charge in [-0.25, -0.2) is 5.43 Å². The normalized spacial score (nSPS) is 11.1. The predicted octanol–water partition coefficient (Wildman–Crippen LogP) is 2.87. The quantitative estimate of drug-likeness (QED) is 0.636. The van der Waals surface area contributed by atoms with Gasteiger partial charge in [0.1, 0.15) is 0 Å². The smallest absolute Gasteiger partial charge is 0.240 e. The van der Waals surface area contributed by atoms with Crippen LogP contribution in [0.1, 0.15) is 24.5 Å². The minimum absolute atomic E-state index is 0.0657. The molecule has 0 bridgehead atoms. The molecular weight excluding hydrogens is 292 g/mol. The van der Waals surface area contributed by atoms with Crippen LogP contribution in [-0.2, 0) is 11.2 Å². The number of carbonyl (C=O) groups is 1. The van der Waals surface area contributed by atoms with Crippen LogP contribution in [0.3, 0.4) is 0 Å². The summed E-state index contributed by atoms with van der Waals surface area (Å²) in [6.07, 6.45) is 1.05. The summed E-state index contributed by atoms with van der Waals surface area (Å²) in [6, 6.07) is 14.8. The monoisotopic (exact) mass is 312 g/mol. The number of benzene rings is 2. The van der Waals surface area contributed by atoms with Gasteiger partial charge in [-0.05, 0) is 37.1 Å². The highest BCUT2D eigenvalue weighted by Crippen LogP contribution is 2.26. The molecule has 23 heavy (non-hydrogen) atoms. The first-order valence-corrected chi connectivity index (χ1v) is 7.34. The van der Waals surface area contributed by atoms with Crippen molar-refractivity contribution in [2.75, 3.05) is 7.11 Å². The van der Waals surface area contributed by atoms with Gasteiger partial charge in [0.25, 0.3) is 0 Å². The highest BCUT2D eigenvalue weighted by Gasteiger charge is 2.06. The number of nitrogens with one attached hydrogen (secondary N) is 1. The van der Waals surface area contributed by atoms with E-state index in [0.29, 0.717) is 24.3 Å². The summed E-state index contributed by atoms with van der Waals surface area (Å²) in [5.41, 5.74) is 5.07. The van der Waals surface area contributed by atoms with Gasteiger partial charge >= 0.3 is 0 Å². The van der Waals surface area contributed by atoms with Crippen LogP contribution in [0.4, 0.5) is 0 Å². The lowest BCUT2D eigenvalue weighted by Gasteiger charge is -2.07. The molecule has 0 unspecified atom stereocenters. The Labute approximate surface area is 135 Å². The van der Waals surface area contributed by atoms with Gasteiger partial charge in [-0.15, -0.1) is 0 Å². The summed E-state index contributed by atoms with van der Waals surface area (Å²) >= 11 is 0. The van der Waals surface area contributed by atoms with E-state index in [9.17, 15) is 9.90 Å². The third-order valence-corrected chi connectivity index (χ3v) is 3.43. The van der Waals surface area contributed by atoms with Crippen molar-refractivity contribution in [1.29, 1.82) is 0 Å². The fourth-order valence-corrected chi connectivity index (χ4v) is 2.07. The highest BCUT2D eigenvalue weighted by atomic mass is 16.5. The number of ether oxygens (including phenoxy) is 1. The molecule has 2 rings (SSSR count). The zero-order valence-electron chi connectivity index (χ0n) is 13.2. The molecular formula is C18H20N2O3. The summed E-state index contributed by atoms with van der Waals surface area (Å²) in [7, 11) is 1.48. The van der Waals surface area contributed by atoms with Crippen LogP contribution in [0.25, 0.3) is 0 Å². The van der Waals surface area contributed by atoms with Gasteiger partial charge < -0.3 is 9.84 Å². The molecule has 0 aromatic heterocycles. The number of methoxy groups -OCH3 is 1. The van der Waals surface area contributed by atoms with Crippen molar-refractivity contribution in [3.8, 4) is 11.5 Å². The van der Waals surface area contributed by atoms with E-state index in [1.54, 1.807) is 19.1 Å². The summed E-state index contributed by atoms with van der Waals surface area (Å²) in [5, 5.41) is 13.7. The van der Waals surface area contributed by atoms with E-state index in [-0.39, 0.29) is 11.7 Å². The van der Waals surface area contributed by atoms with Crippen molar-refractivity contribution in [2.24, 2.45) is 5.10 Å². The molecule has 0 saturated heterocycles. The molecule has 0 aliphatic rings. The van der Waals surface area contributed by atoms with E-state index in [4.69, 9.17) is 4.74 Å². The number of phenols is 1. The van der Waals surface area contributed by atoms with E-state index in [1.165, 1.54) is 13.2 Å². The van der Waals surface area contributed by atoms with E-state index in [0.717, 1.165) is 11.1 Å². The fourth-order valence-electron chi connectivity index (χ4n) is 2.07. The van der Waals surface area contributed by atoms with Crippen LogP contribution < -0.4 is 10.2 Å². The van der Waals surface area contributed by atoms with Crippen molar-refractivity contribution in [2.45, 2.75) is 19.8 Å². The molecule has 0 radical (unpaired) electrons. The Morgan fingerprint density at radius 1 is 1.22 bits per heavy atom. The lowest BCUT2D eigenvalue weighted by molar-refractivity contribution is -0.121. The fraction of sp³-hybridized carbons (Fsp3) is 0.222. The van der Waals surface area contributed by atoms with Gasteiger partial charge in [-0.3, -0.25) is 4.79 Å². The Hall–Kier alpha value is -2.82. The van der Waals surface area contributed by atoms with Crippen LogP contribution in [-0.4, -0.2) is 23.8 Å². The Balaban J connectivity index is 1.92. The Morgan fingerprint density at radius 3 is 2.65 bits per heavy atom. The first-order valence-electron chi connectivity index (χ1n) is 7.34. The van der Waals surface area contributed by atoms with Gasteiger partial charge in [-0.1, -0.05) is 30.3 Å². The number of hydrogen-bond donors (Lipinski definition) is 2. The number of phenolic OH excluding ortho intramolecular Hbond substituents is 1. The number of amides is 1. The number of aromatic hydroxyl groups is 1. The maximum absolute atomic E-state index is 11.8. The second kappa shape index (κ2) is 7.98. The van der Waals surface area contributed by atoms with Crippen LogP contribution in [0, 0.1) is 0 Å². The standard InChI is InChI=1S/C18H20N2O3/c1-13(15-9-10-16(21)17(12-15)23-2)19-20-18(22)11-8-14-6-4-3-5-7-14/h3-7,9-10,12,21H,8,11H2,1-2H3,(H,20,22)/b19-13+. The average Bonchev–Trinajstić information content (AvgIpc) is 2.59. The zero-order valence-corrected chi connectivity index (χ0v) is 13.2. The average molecular weight is 312 g/mol. The number of hydrogen-bond acceptors (Lipinski definition) is 4. The van der Waals surface area contributed by atoms with E-state index in [2.05, 4.69) is 10.5 Å². The van der Waals surface area contributed by atoms with Crippen molar-refractivity contribution in [3.05, 3.63) is 59.7 Å². The number of carbonyl (C=O) groups excluding carboxylic acids is 1. The van der Waals surface area contributed by atoms with Gasteiger partial charge in [0.15, 0.2) is 11.5 Å². The molecule has 1 amide bonds. The van der Waals surface area contributed by atoms with Crippen LogP contribution in [0.2, 0.25) is 0 Å². The van der Waals surface area contributed by atoms with Gasteiger partial charge in [0.2, 0.25) is 5.91 Å². The van der Waals surface area contributed by atoms with Crippen LogP contribution in [0.5, 0.6) is 11.5 Å². The number of hydrazone groups is 1. The summed E-state index contributed by atoms with van der Waals surface area (Å²) < 4.78 is 5.06. The van der Waals surface area contributed by atoms with Crippen molar-refractivity contribution in [3.63, 3.8) is 0 Å². The SMILES string of the molecule is COc1cc(/C(C)=N/NC(=O)CCc2ccccc2)ccc1O. The van der Waals surface area contributed by atoms with Gasteiger partial charge in [0, 0.05) is 12.0 Å². The molecule has 0 aliphatic heterocycles. The maximum Gasteiger partial charge on any atom is 0.240 e. The molecule has 120 valence electrons. The first kappa shape index (κ1) is 16.5. The Morgan fingerprint density at radius 2 is 1.96 bits per heavy atom. The molecule has 2 N–H and O–H groups in total. The number of rotatable bonds is 6. The second-order valence-electron chi connectivity index (χ2n) is 5.10. The number of aryl methyl sites for hydroxylation is 1. The van der Waals surface area contributed by atoms with E-state index >= 15 is 0 Å². The van der Waals surface area contributed by atoms with Crippen molar-refractivity contribution in [1.82, 2.24) is 5.43 Å². The highest BCUT2D eigenvalue weighted by molar-refractivity contribution is 5.99. The Bertz CT molecular complexity index is 697. The van der Waals surface area contributed by atoms with Gasteiger partial charge in [-0.2, -0.15) is 5.10 Å². The molecule has 5 nitrogen and oxygen atoms in total. The van der Waals surface area contributed by atoms with Gasteiger partial charge in [0.05, 0.1) is 12.8 Å². The topological polar surface area (TPSA) is 70.9 Å². The lowest BCUT2D eigenvalue weighted by Crippen LogP contribution is -2.19. The molecule has 0 fully saturated rings. The lowest BCUT2D eigenvalue weighted by atomic mass is 10.1. The summed E-state index contributed by atoms with van der Waals surface area (Å²) in [4.78, 5) is 11.8. The van der Waals surface area contributed by atoms with Crippen molar-refractivity contribution >= 4 is 11.6 Å². The minimum atomic E-state index is -0.140. The zero-order chi connectivity index (χ0) is 16.7. The molecule has 2 aromatic carbocycles. The molecule has 0 saturated carbocycles. The Kier molecular flexibility index (Phi) is 5.74. The molecule has 2 aromatic rings. The molecule has 0 aliphatic carbocycles. The molecule has 0 heterocycles.